The molecule has 5 heteroatoms. The fourth-order valence-electron chi connectivity index (χ4n) is 1.38. The Hall–Kier alpha value is -1.20. The van der Waals surface area contributed by atoms with E-state index in [1.54, 1.807) is 0 Å². The van der Waals surface area contributed by atoms with Crippen LogP contribution in [0.3, 0.4) is 0 Å². The van der Waals surface area contributed by atoms with Crippen LogP contribution in [0.5, 0.6) is 0 Å². The van der Waals surface area contributed by atoms with Crippen molar-refractivity contribution in [3.63, 3.8) is 0 Å². The first-order valence-electron chi connectivity index (χ1n) is 5.77. The SMILES string of the molecule is CC(C)(C)NCc1nc(-c2ccc(Br)cc2)no1. The highest BCUT2D eigenvalue weighted by atomic mass is 79.9. The minimum absolute atomic E-state index is 0.0340. The fourth-order valence-corrected chi connectivity index (χ4v) is 1.65. The van der Waals surface area contributed by atoms with Crippen molar-refractivity contribution in [2.45, 2.75) is 32.9 Å². The maximum atomic E-state index is 5.21. The summed E-state index contributed by atoms with van der Waals surface area (Å²) < 4.78 is 6.24. The number of aromatic nitrogens is 2. The molecule has 0 spiro atoms. The highest BCUT2D eigenvalue weighted by molar-refractivity contribution is 9.10. The summed E-state index contributed by atoms with van der Waals surface area (Å²) in [6.07, 6.45) is 0. The van der Waals surface area contributed by atoms with Gasteiger partial charge in [0, 0.05) is 15.6 Å². The maximum absolute atomic E-state index is 5.21. The van der Waals surface area contributed by atoms with Gasteiger partial charge in [-0.1, -0.05) is 21.1 Å². The second kappa shape index (κ2) is 5.20. The van der Waals surface area contributed by atoms with Gasteiger partial charge in [0.15, 0.2) is 0 Å². The Morgan fingerprint density at radius 1 is 1.22 bits per heavy atom. The van der Waals surface area contributed by atoms with Crippen LogP contribution in [-0.4, -0.2) is 15.7 Å². The van der Waals surface area contributed by atoms with Crippen molar-refractivity contribution in [3.8, 4) is 11.4 Å². The average molecular weight is 310 g/mol. The Kier molecular flexibility index (Phi) is 3.82. The van der Waals surface area contributed by atoms with Gasteiger partial charge in [-0.3, -0.25) is 0 Å². The van der Waals surface area contributed by atoms with E-state index in [-0.39, 0.29) is 5.54 Å². The summed E-state index contributed by atoms with van der Waals surface area (Å²) in [5, 5.41) is 7.28. The first kappa shape index (κ1) is 13.2. The van der Waals surface area contributed by atoms with Crippen molar-refractivity contribution in [2.75, 3.05) is 0 Å². The van der Waals surface area contributed by atoms with Gasteiger partial charge in [0.05, 0.1) is 6.54 Å². The van der Waals surface area contributed by atoms with E-state index in [4.69, 9.17) is 4.52 Å². The fraction of sp³-hybridized carbons (Fsp3) is 0.385. The maximum Gasteiger partial charge on any atom is 0.240 e. The van der Waals surface area contributed by atoms with Gasteiger partial charge in [0.2, 0.25) is 11.7 Å². The minimum atomic E-state index is 0.0340. The topological polar surface area (TPSA) is 51.0 Å². The van der Waals surface area contributed by atoms with Gasteiger partial charge >= 0.3 is 0 Å². The molecule has 0 radical (unpaired) electrons. The molecule has 2 rings (SSSR count). The summed E-state index contributed by atoms with van der Waals surface area (Å²) in [5.41, 5.74) is 0.982. The summed E-state index contributed by atoms with van der Waals surface area (Å²) in [6.45, 7) is 6.87. The molecule has 0 saturated heterocycles. The van der Waals surface area contributed by atoms with E-state index in [1.807, 2.05) is 24.3 Å². The van der Waals surface area contributed by atoms with Gasteiger partial charge in [0.1, 0.15) is 0 Å². The van der Waals surface area contributed by atoms with Crippen LogP contribution in [0.4, 0.5) is 0 Å². The zero-order valence-corrected chi connectivity index (χ0v) is 12.3. The molecule has 1 N–H and O–H groups in total. The van der Waals surface area contributed by atoms with Crippen LogP contribution in [0, 0.1) is 0 Å². The molecule has 0 fully saturated rings. The first-order chi connectivity index (χ1) is 8.44. The van der Waals surface area contributed by atoms with Crippen molar-refractivity contribution < 1.29 is 4.52 Å². The zero-order valence-electron chi connectivity index (χ0n) is 10.7. The van der Waals surface area contributed by atoms with Gasteiger partial charge < -0.3 is 9.84 Å². The number of benzene rings is 1. The Morgan fingerprint density at radius 2 is 1.89 bits per heavy atom. The van der Waals surface area contributed by atoms with Crippen LogP contribution in [-0.2, 0) is 6.54 Å². The smallest absolute Gasteiger partial charge is 0.240 e. The second-order valence-corrected chi connectivity index (χ2v) is 6.04. The van der Waals surface area contributed by atoms with Crippen molar-refractivity contribution in [2.24, 2.45) is 0 Å². The minimum Gasteiger partial charge on any atom is -0.338 e. The van der Waals surface area contributed by atoms with Crippen LogP contribution in [0.2, 0.25) is 0 Å². The molecular weight excluding hydrogens is 294 g/mol. The Bertz CT molecular complexity index is 514. The van der Waals surface area contributed by atoms with Crippen molar-refractivity contribution >= 4 is 15.9 Å². The van der Waals surface area contributed by atoms with Gasteiger partial charge in [-0.15, -0.1) is 0 Å². The molecular formula is C13H16BrN3O. The predicted octanol–water partition coefficient (Wildman–Crippen LogP) is 3.39. The molecule has 2 aromatic rings. The average Bonchev–Trinajstić information content (AvgIpc) is 2.75. The lowest BCUT2D eigenvalue weighted by atomic mass is 10.1. The summed E-state index contributed by atoms with van der Waals surface area (Å²) in [5.74, 6) is 1.22. The van der Waals surface area contributed by atoms with E-state index in [2.05, 4.69) is 52.2 Å². The van der Waals surface area contributed by atoms with Crippen LogP contribution in [0.15, 0.2) is 33.3 Å². The molecule has 1 heterocycles. The van der Waals surface area contributed by atoms with Crippen LogP contribution >= 0.6 is 15.9 Å². The quantitative estimate of drug-likeness (QED) is 0.944. The largest absolute Gasteiger partial charge is 0.338 e. The number of nitrogens with one attached hydrogen (secondary N) is 1. The number of halogens is 1. The molecule has 0 aliphatic heterocycles. The Labute approximate surface area is 115 Å². The van der Waals surface area contributed by atoms with E-state index >= 15 is 0 Å². The summed E-state index contributed by atoms with van der Waals surface area (Å²) in [7, 11) is 0. The molecule has 0 unspecified atom stereocenters. The number of hydrogen-bond donors (Lipinski definition) is 1. The highest BCUT2D eigenvalue weighted by Gasteiger charge is 2.13. The number of nitrogens with zero attached hydrogens (tertiary/aromatic N) is 2. The highest BCUT2D eigenvalue weighted by Crippen LogP contribution is 2.19. The summed E-state index contributed by atoms with van der Waals surface area (Å²) in [6, 6.07) is 7.82. The van der Waals surface area contributed by atoms with E-state index in [0.717, 1.165) is 10.0 Å². The third kappa shape index (κ3) is 3.65. The standard InChI is InChI=1S/C13H16BrN3O/c1-13(2,3)15-8-11-16-12(17-18-11)9-4-6-10(14)7-5-9/h4-7,15H,8H2,1-3H3. The van der Waals surface area contributed by atoms with E-state index in [1.165, 1.54) is 0 Å². The van der Waals surface area contributed by atoms with Crippen LogP contribution < -0.4 is 5.32 Å². The molecule has 18 heavy (non-hydrogen) atoms. The van der Waals surface area contributed by atoms with Crippen molar-refractivity contribution in [1.29, 1.82) is 0 Å². The predicted molar refractivity (Wildman–Crippen MR) is 74.0 cm³/mol. The molecule has 0 amide bonds. The lowest BCUT2D eigenvalue weighted by molar-refractivity contribution is 0.336. The van der Waals surface area contributed by atoms with Gasteiger partial charge in [-0.2, -0.15) is 4.98 Å². The zero-order chi connectivity index (χ0) is 13.2. The van der Waals surface area contributed by atoms with E-state index < -0.39 is 0 Å². The van der Waals surface area contributed by atoms with Gasteiger partial charge in [-0.05, 0) is 45.0 Å². The van der Waals surface area contributed by atoms with Crippen LogP contribution in [0.1, 0.15) is 26.7 Å². The second-order valence-electron chi connectivity index (χ2n) is 5.12. The Morgan fingerprint density at radius 3 is 2.50 bits per heavy atom. The molecule has 0 aliphatic rings. The molecule has 0 saturated carbocycles. The van der Waals surface area contributed by atoms with Crippen LogP contribution in [0.25, 0.3) is 11.4 Å². The number of hydrogen-bond acceptors (Lipinski definition) is 4. The molecule has 0 atom stereocenters. The normalized spacial score (nSPS) is 11.8. The summed E-state index contributed by atoms with van der Waals surface area (Å²) >= 11 is 3.40. The molecule has 1 aromatic heterocycles. The molecule has 0 aliphatic carbocycles. The number of rotatable bonds is 3. The molecule has 0 bridgehead atoms. The summed E-state index contributed by atoms with van der Waals surface area (Å²) in [4.78, 5) is 4.36. The lowest BCUT2D eigenvalue weighted by Crippen LogP contribution is -2.35. The third-order valence-corrected chi connectivity index (χ3v) is 2.87. The molecule has 96 valence electrons. The van der Waals surface area contributed by atoms with Crippen molar-refractivity contribution in [3.05, 3.63) is 34.6 Å². The van der Waals surface area contributed by atoms with Crippen molar-refractivity contribution in [1.82, 2.24) is 15.5 Å². The molecule has 1 aromatic carbocycles. The van der Waals surface area contributed by atoms with E-state index in [9.17, 15) is 0 Å². The van der Waals surface area contributed by atoms with Gasteiger partial charge in [0.25, 0.3) is 0 Å². The van der Waals surface area contributed by atoms with Gasteiger partial charge in [-0.25, -0.2) is 0 Å². The van der Waals surface area contributed by atoms with E-state index in [0.29, 0.717) is 18.3 Å². The Balaban J connectivity index is 2.08. The monoisotopic (exact) mass is 309 g/mol. The lowest BCUT2D eigenvalue weighted by Gasteiger charge is -2.18. The first-order valence-corrected chi connectivity index (χ1v) is 6.57. The molecule has 4 nitrogen and oxygen atoms in total. The third-order valence-electron chi connectivity index (χ3n) is 2.34.